The molecule has 0 heterocycles. The maximum atomic E-state index is 13.1. The summed E-state index contributed by atoms with van der Waals surface area (Å²) in [6.45, 7) is 7.83. The molecule has 0 aromatic heterocycles. The molecule has 6 nitrogen and oxygen atoms in total. The van der Waals surface area contributed by atoms with Crippen LogP contribution < -0.4 is 5.32 Å². The molecular weight excluding hydrogens is 533 g/mol. The van der Waals surface area contributed by atoms with E-state index in [1.54, 1.807) is 0 Å². The molecule has 246 valence electrons. The maximum Gasteiger partial charge on any atom is 0.345 e. The summed E-state index contributed by atoms with van der Waals surface area (Å²) in [4.78, 5) is 22.2. The normalized spacial score (nSPS) is 14.3. The minimum atomic E-state index is -4.14. The first-order chi connectivity index (χ1) is 19.7. The van der Waals surface area contributed by atoms with Crippen LogP contribution in [0.25, 0.3) is 0 Å². The first kappa shape index (κ1) is 40.6. The van der Waals surface area contributed by atoms with Crippen molar-refractivity contribution in [3.63, 3.8) is 0 Å². The molecule has 2 atom stereocenters. The number of aliphatic carboxylic acids is 1. The van der Waals surface area contributed by atoms with E-state index < -0.39 is 24.9 Å². The number of hydrogen-bond acceptors (Lipinski definition) is 4. The van der Waals surface area contributed by atoms with Gasteiger partial charge < -0.3 is 15.3 Å². The SMILES string of the molecule is CCCCCCCCCCCCCCCCCCNC(CCCCCCCCCCC)P(=O)(O)OC(C)(C)C(=O)O. The predicted octanol–water partition coefficient (Wildman–Crippen LogP) is 11.1. The molecule has 41 heavy (non-hydrogen) atoms. The second-order valence-electron chi connectivity index (χ2n) is 12.9. The molecule has 0 aliphatic heterocycles. The lowest BCUT2D eigenvalue weighted by Gasteiger charge is -2.29. The van der Waals surface area contributed by atoms with Crippen LogP contribution in [-0.2, 0) is 13.9 Å². The Morgan fingerprint density at radius 3 is 1.29 bits per heavy atom. The second-order valence-corrected chi connectivity index (χ2v) is 14.8. The number of nitrogens with one attached hydrogen (secondary N) is 1. The molecule has 0 saturated carbocycles. The topological polar surface area (TPSA) is 95.9 Å². The van der Waals surface area contributed by atoms with Gasteiger partial charge in [0.05, 0.1) is 0 Å². The first-order valence-corrected chi connectivity index (χ1v) is 19.3. The molecule has 0 aliphatic rings. The zero-order valence-corrected chi connectivity index (χ0v) is 28.6. The summed E-state index contributed by atoms with van der Waals surface area (Å²) in [6.07, 6.45) is 32.2. The summed E-state index contributed by atoms with van der Waals surface area (Å²) in [5, 5.41) is 12.7. The van der Waals surface area contributed by atoms with Gasteiger partial charge >= 0.3 is 13.6 Å². The quantitative estimate of drug-likeness (QED) is 0.0523. The Labute approximate surface area is 255 Å². The van der Waals surface area contributed by atoms with Crippen molar-refractivity contribution in [2.24, 2.45) is 0 Å². The summed E-state index contributed by atoms with van der Waals surface area (Å²) in [6, 6.07) is 0. The fraction of sp³-hybridized carbons (Fsp3) is 0.971. The van der Waals surface area contributed by atoms with Gasteiger partial charge in [0, 0.05) is 0 Å². The molecule has 0 aromatic carbocycles. The number of carboxylic acids is 1. The summed E-state index contributed by atoms with van der Waals surface area (Å²) < 4.78 is 18.4. The minimum absolute atomic E-state index is 0.526. The van der Waals surface area contributed by atoms with Crippen LogP contribution in [0, 0.1) is 0 Å². The van der Waals surface area contributed by atoms with Crippen molar-refractivity contribution in [2.45, 2.75) is 206 Å². The van der Waals surface area contributed by atoms with Gasteiger partial charge in [-0.3, -0.25) is 9.09 Å². The lowest BCUT2D eigenvalue weighted by atomic mass is 10.0. The van der Waals surface area contributed by atoms with Crippen molar-refractivity contribution < 1.29 is 23.9 Å². The average Bonchev–Trinajstić information content (AvgIpc) is 2.91. The Kier molecular flexibility index (Phi) is 26.9. The predicted molar refractivity (Wildman–Crippen MR) is 176 cm³/mol. The van der Waals surface area contributed by atoms with E-state index in [4.69, 9.17) is 4.52 Å². The molecule has 0 amide bonds. The van der Waals surface area contributed by atoms with Crippen LogP contribution >= 0.6 is 7.60 Å². The molecule has 7 heteroatoms. The van der Waals surface area contributed by atoms with Gasteiger partial charge in [-0.2, -0.15) is 0 Å². The molecule has 0 saturated heterocycles. The summed E-state index contributed by atoms with van der Waals surface area (Å²) in [5.74, 6) is -1.95. The molecule has 0 fully saturated rings. The third-order valence-corrected chi connectivity index (χ3v) is 10.2. The third-order valence-electron chi connectivity index (χ3n) is 8.26. The Morgan fingerprint density at radius 1 is 0.634 bits per heavy atom. The molecule has 2 unspecified atom stereocenters. The smallest absolute Gasteiger partial charge is 0.345 e. The molecule has 3 N–H and O–H groups in total. The van der Waals surface area contributed by atoms with Crippen molar-refractivity contribution in [3.8, 4) is 0 Å². The highest BCUT2D eigenvalue weighted by Crippen LogP contribution is 2.51. The van der Waals surface area contributed by atoms with Gasteiger partial charge in [-0.1, -0.05) is 168 Å². The summed E-state index contributed by atoms with van der Waals surface area (Å²) >= 11 is 0. The zero-order chi connectivity index (χ0) is 30.7. The van der Waals surface area contributed by atoms with E-state index in [1.165, 1.54) is 142 Å². The second kappa shape index (κ2) is 27.2. The van der Waals surface area contributed by atoms with Gasteiger partial charge in [-0.15, -0.1) is 0 Å². The highest BCUT2D eigenvalue weighted by atomic mass is 31.2. The maximum absolute atomic E-state index is 13.1. The van der Waals surface area contributed by atoms with Crippen LogP contribution in [0.5, 0.6) is 0 Å². The number of carbonyl (C=O) groups is 1. The molecule has 0 rings (SSSR count). The third kappa shape index (κ3) is 24.7. The number of unbranched alkanes of at least 4 members (excludes halogenated alkanes) is 23. The van der Waals surface area contributed by atoms with E-state index in [-0.39, 0.29) is 0 Å². The van der Waals surface area contributed by atoms with E-state index in [9.17, 15) is 19.4 Å². The Bertz CT molecular complexity index is 643. The Balaban J connectivity index is 4.13. The molecule has 0 aliphatic carbocycles. The number of rotatable bonds is 32. The molecule has 0 spiro atoms. The fourth-order valence-electron chi connectivity index (χ4n) is 5.40. The fourth-order valence-corrected chi connectivity index (χ4v) is 7.13. The monoisotopic (exact) mass is 603 g/mol. The minimum Gasteiger partial charge on any atom is -0.479 e. The van der Waals surface area contributed by atoms with Crippen molar-refractivity contribution in [2.75, 3.05) is 6.54 Å². The largest absolute Gasteiger partial charge is 0.479 e. The zero-order valence-electron chi connectivity index (χ0n) is 27.7. The Hall–Kier alpha value is -0.420. The van der Waals surface area contributed by atoms with Crippen LogP contribution in [-0.4, -0.2) is 33.9 Å². The van der Waals surface area contributed by atoms with Crippen LogP contribution in [0.15, 0.2) is 0 Å². The van der Waals surface area contributed by atoms with Gasteiger partial charge in [0.25, 0.3) is 0 Å². The van der Waals surface area contributed by atoms with Crippen LogP contribution in [0.4, 0.5) is 0 Å². The van der Waals surface area contributed by atoms with E-state index in [0.29, 0.717) is 13.0 Å². The molecule has 0 bridgehead atoms. The number of hydrogen-bond donors (Lipinski definition) is 3. The van der Waals surface area contributed by atoms with Gasteiger partial charge in [-0.25, -0.2) is 4.79 Å². The van der Waals surface area contributed by atoms with Gasteiger partial charge in [-0.05, 0) is 33.2 Å². The summed E-state index contributed by atoms with van der Waals surface area (Å²) in [5.41, 5.74) is -1.70. The number of carboxylic acid groups (broad SMARTS) is 1. The molecule has 0 aromatic rings. The van der Waals surface area contributed by atoms with Gasteiger partial charge in [0.15, 0.2) is 5.60 Å². The van der Waals surface area contributed by atoms with Crippen molar-refractivity contribution in [3.05, 3.63) is 0 Å². The lowest BCUT2D eigenvalue weighted by molar-refractivity contribution is -0.152. The van der Waals surface area contributed by atoms with E-state index in [1.807, 2.05) is 0 Å². The lowest BCUT2D eigenvalue weighted by Crippen LogP contribution is -2.38. The highest BCUT2D eigenvalue weighted by molar-refractivity contribution is 7.53. The average molecular weight is 604 g/mol. The standard InChI is InChI=1S/C34H70NO5P/c1-5-7-9-11-13-15-16-17-18-19-20-21-23-25-27-29-31-35-32(41(38,39)40-34(3,4)33(36)37)30-28-26-24-22-14-12-10-8-6-2/h32,35H,5-31H2,1-4H3,(H,36,37)(H,38,39). The van der Waals surface area contributed by atoms with Gasteiger partial charge in [0.1, 0.15) is 5.78 Å². The van der Waals surface area contributed by atoms with E-state index in [2.05, 4.69) is 19.2 Å². The highest BCUT2D eigenvalue weighted by Gasteiger charge is 2.41. The van der Waals surface area contributed by atoms with Crippen molar-refractivity contribution in [1.29, 1.82) is 0 Å². The van der Waals surface area contributed by atoms with Crippen molar-refractivity contribution >= 4 is 13.6 Å². The molecule has 0 radical (unpaired) electrons. The van der Waals surface area contributed by atoms with E-state index in [0.717, 1.165) is 32.1 Å². The summed E-state index contributed by atoms with van der Waals surface area (Å²) in [7, 11) is -4.14. The first-order valence-electron chi connectivity index (χ1n) is 17.7. The molecular formula is C34H70NO5P. The van der Waals surface area contributed by atoms with Crippen LogP contribution in [0.2, 0.25) is 0 Å². The van der Waals surface area contributed by atoms with E-state index >= 15 is 0 Å². The Morgan fingerprint density at radius 2 is 0.951 bits per heavy atom. The van der Waals surface area contributed by atoms with Crippen LogP contribution in [0.3, 0.4) is 0 Å². The van der Waals surface area contributed by atoms with Crippen LogP contribution in [0.1, 0.15) is 195 Å². The van der Waals surface area contributed by atoms with Crippen molar-refractivity contribution in [1.82, 2.24) is 5.32 Å². The van der Waals surface area contributed by atoms with Gasteiger partial charge in [0.2, 0.25) is 0 Å².